The third-order valence-corrected chi connectivity index (χ3v) is 11.6. The van der Waals surface area contributed by atoms with Crippen molar-refractivity contribution in [3.63, 3.8) is 0 Å². The van der Waals surface area contributed by atoms with Crippen LogP contribution in [0, 0.1) is 12.3 Å². The number of hydrogen-bond acceptors (Lipinski definition) is 9. The fraction of sp³-hybridized carbons (Fsp3) is 0.444. The van der Waals surface area contributed by atoms with Crippen molar-refractivity contribution in [3.8, 4) is 0 Å². The Balaban J connectivity index is 1.25. The van der Waals surface area contributed by atoms with Crippen molar-refractivity contribution >= 4 is 46.4 Å². The molecule has 1 aromatic carbocycles. The van der Waals surface area contributed by atoms with Gasteiger partial charge in [0.2, 0.25) is 0 Å². The number of pyridine rings is 1. The number of nitrogens with one attached hydrogen (secondary N) is 1. The lowest BCUT2D eigenvalue weighted by molar-refractivity contribution is 0.172. The summed E-state index contributed by atoms with van der Waals surface area (Å²) in [5.74, 6) is 0.992. The van der Waals surface area contributed by atoms with E-state index in [-0.39, 0.29) is 23.9 Å². The van der Waals surface area contributed by atoms with Gasteiger partial charge in [-0.15, -0.1) is 4.72 Å². The van der Waals surface area contributed by atoms with Crippen LogP contribution in [0.25, 0.3) is 0 Å². The summed E-state index contributed by atoms with van der Waals surface area (Å²) in [5, 5.41) is 11.3. The first-order valence-electron chi connectivity index (χ1n) is 12.8. The summed E-state index contributed by atoms with van der Waals surface area (Å²) < 4.78 is 16.3. The van der Waals surface area contributed by atoms with Crippen LogP contribution in [0.2, 0.25) is 5.02 Å². The third-order valence-electron chi connectivity index (χ3n) is 8.35. The molecular weight excluding hydrogens is 540 g/mol. The molecule has 4 N–H and O–H groups in total. The maximum absolute atomic E-state index is 13.2. The predicted octanol–water partition coefficient (Wildman–Crippen LogP) is 4.45. The van der Waals surface area contributed by atoms with E-state index in [9.17, 15) is 9.66 Å². The number of nitrogens with two attached hydrogens (primary N) is 1. The average molecular weight is 571 g/mol. The van der Waals surface area contributed by atoms with Gasteiger partial charge in [0.05, 0.1) is 23.4 Å². The van der Waals surface area contributed by atoms with Crippen LogP contribution in [0.15, 0.2) is 40.4 Å². The lowest BCUT2D eigenvalue weighted by Crippen LogP contribution is -2.53. The Morgan fingerprint density at radius 2 is 2.03 bits per heavy atom. The van der Waals surface area contributed by atoms with Crippen LogP contribution >= 0.6 is 23.4 Å². The molecule has 11 heteroatoms. The molecule has 0 amide bonds. The van der Waals surface area contributed by atoms with Gasteiger partial charge in [0, 0.05) is 46.5 Å². The lowest BCUT2D eigenvalue weighted by atomic mass is 9.72. The van der Waals surface area contributed by atoms with Gasteiger partial charge in [-0.1, -0.05) is 41.6 Å². The number of nitrogen functional groups attached to an aromatic ring is 1. The van der Waals surface area contributed by atoms with Crippen molar-refractivity contribution in [1.82, 2.24) is 19.7 Å². The topological polar surface area (TPSA) is 123 Å². The molecule has 1 spiro atoms. The summed E-state index contributed by atoms with van der Waals surface area (Å²) in [5.41, 5.74) is 11.1. The number of aromatic nitrogens is 3. The molecule has 0 radical (unpaired) electrons. The molecule has 3 aromatic rings. The summed E-state index contributed by atoms with van der Waals surface area (Å²) in [7, 11) is 0. The fourth-order valence-electron chi connectivity index (χ4n) is 6.19. The molecule has 1 fully saturated rings. The highest BCUT2D eigenvalue weighted by Crippen LogP contribution is 2.57. The number of aryl methyl sites for hydroxylation is 1. The maximum atomic E-state index is 13.2. The number of piperidine rings is 1. The number of anilines is 2. The van der Waals surface area contributed by atoms with Gasteiger partial charge in [0.15, 0.2) is 10.6 Å². The first kappa shape index (κ1) is 26.2. The summed E-state index contributed by atoms with van der Waals surface area (Å²) in [4.78, 5) is 16.7. The summed E-state index contributed by atoms with van der Waals surface area (Å²) in [6.07, 6.45) is 4.46. The molecule has 2 aliphatic heterocycles. The number of halogens is 1. The summed E-state index contributed by atoms with van der Waals surface area (Å²) in [6.45, 7) is 7.41. The zero-order chi connectivity index (χ0) is 26.8. The number of aliphatic hydroxyl groups is 1. The van der Waals surface area contributed by atoms with Crippen molar-refractivity contribution in [3.05, 3.63) is 63.6 Å². The van der Waals surface area contributed by atoms with Crippen molar-refractivity contribution < 1.29 is 9.66 Å². The molecule has 2 aromatic heterocycles. The van der Waals surface area contributed by atoms with Crippen LogP contribution in [0.3, 0.4) is 0 Å². The number of fused-ring (bicyclic) bond motifs is 1. The molecule has 200 valence electrons. The zero-order valence-corrected chi connectivity index (χ0v) is 24.0. The molecule has 8 nitrogen and oxygen atoms in total. The molecular formula is C27H31ClN6O2S2. The SMILES string of the molecule is Cc1nc(N2CCC3(CC2)Cc2cccc4c2[C@H]3N[S@+]([O-])C4(C)C)c(CO)nc1Sc1ccnc(N)c1Cl. The van der Waals surface area contributed by atoms with Gasteiger partial charge in [-0.3, -0.25) is 0 Å². The van der Waals surface area contributed by atoms with Crippen molar-refractivity contribution in [2.45, 2.75) is 67.4 Å². The molecule has 38 heavy (non-hydrogen) atoms. The number of hydrogen-bond donors (Lipinski definition) is 3. The molecule has 0 bridgehead atoms. The van der Waals surface area contributed by atoms with E-state index in [1.807, 2.05) is 6.92 Å². The molecule has 2 atom stereocenters. The van der Waals surface area contributed by atoms with Gasteiger partial charge in [0.1, 0.15) is 16.5 Å². The average Bonchev–Trinajstić information content (AvgIpc) is 3.19. The standard InChI is InChI=1S/C27H31ClN6O2S2/c1-15-25(37-19-7-10-30-23(29)21(19)28)32-18(14-35)24(31-15)34-11-8-27(9-12-34)13-16-5-4-6-17-20(16)22(27)33-38(36)26(17,2)3/h4-7,10,22,33,35H,8-9,11-14H2,1-3H3,(H2,29,30)/t22-,38-/m1/s1. The second-order valence-corrected chi connectivity index (χ2v) is 14.1. The lowest BCUT2D eigenvalue weighted by Gasteiger charge is -2.46. The maximum Gasteiger partial charge on any atom is 0.164 e. The first-order chi connectivity index (χ1) is 18.1. The summed E-state index contributed by atoms with van der Waals surface area (Å²) >= 11 is 6.55. The minimum atomic E-state index is -1.15. The Kier molecular flexibility index (Phi) is 6.56. The van der Waals surface area contributed by atoms with Gasteiger partial charge in [0.25, 0.3) is 0 Å². The van der Waals surface area contributed by atoms with E-state index in [0.717, 1.165) is 48.8 Å². The zero-order valence-electron chi connectivity index (χ0n) is 21.6. The van der Waals surface area contributed by atoms with Gasteiger partial charge in [-0.25, -0.2) is 15.0 Å². The largest absolute Gasteiger partial charge is 0.597 e. The van der Waals surface area contributed by atoms with Gasteiger partial charge >= 0.3 is 0 Å². The van der Waals surface area contributed by atoms with E-state index in [1.54, 1.807) is 12.3 Å². The van der Waals surface area contributed by atoms with E-state index in [4.69, 9.17) is 27.3 Å². The third kappa shape index (κ3) is 4.08. The fourth-order valence-corrected chi connectivity index (χ4v) is 8.56. The van der Waals surface area contributed by atoms with Crippen LogP contribution in [0.4, 0.5) is 11.6 Å². The molecule has 3 aliphatic rings. The molecule has 6 rings (SSSR count). The smallest absolute Gasteiger partial charge is 0.164 e. The van der Waals surface area contributed by atoms with E-state index < -0.39 is 16.1 Å². The first-order valence-corrected chi connectivity index (χ1v) is 15.1. The van der Waals surface area contributed by atoms with E-state index in [1.165, 1.54) is 28.5 Å². The Labute approximate surface area is 235 Å². The van der Waals surface area contributed by atoms with E-state index in [0.29, 0.717) is 15.7 Å². The Bertz CT molecular complexity index is 1410. The summed E-state index contributed by atoms with van der Waals surface area (Å²) in [6, 6.07) is 8.38. The molecule has 1 aliphatic carbocycles. The molecule has 0 unspecified atom stereocenters. The highest BCUT2D eigenvalue weighted by Gasteiger charge is 2.56. The van der Waals surface area contributed by atoms with Crippen LogP contribution in [0.1, 0.15) is 60.8 Å². The number of nitrogens with zero attached hydrogens (tertiary/aromatic N) is 4. The van der Waals surface area contributed by atoms with Gasteiger partial charge in [-0.2, -0.15) is 0 Å². The van der Waals surface area contributed by atoms with Crippen LogP contribution < -0.4 is 15.4 Å². The van der Waals surface area contributed by atoms with Crippen LogP contribution in [0.5, 0.6) is 0 Å². The Morgan fingerprint density at radius 1 is 1.26 bits per heavy atom. The highest BCUT2D eigenvalue weighted by molar-refractivity contribution is 7.99. The Hall–Kier alpha value is -2.08. The second-order valence-electron chi connectivity index (χ2n) is 10.9. The number of aliphatic hydroxyl groups excluding tert-OH is 1. The minimum absolute atomic E-state index is 0.0107. The van der Waals surface area contributed by atoms with E-state index in [2.05, 4.69) is 46.7 Å². The normalized spacial score (nSPS) is 23.1. The van der Waals surface area contributed by atoms with Crippen molar-refractivity contribution in [2.24, 2.45) is 5.41 Å². The predicted molar refractivity (Wildman–Crippen MR) is 152 cm³/mol. The quantitative estimate of drug-likeness (QED) is 0.390. The Morgan fingerprint density at radius 3 is 2.76 bits per heavy atom. The van der Waals surface area contributed by atoms with Gasteiger partial charge < -0.3 is 20.3 Å². The monoisotopic (exact) mass is 570 g/mol. The number of benzene rings is 1. The van der Waals surface area contributed by atoms with E-state index >= 15 is 0 Å². The number of rotatable bonds is 4. The van der Waals surface area contributed by atoms with Crippen LogP contribution in [-0.2, 0) is 29.1 Å². The van der Waals surface area contributed by atoms with Crippen molar-refractivity contribution in [2.75, 3.05) is 23.7 Å². The van der Waals surface area contributed by atoms with Crippen LogP contribution in [-0.4, -0.2) is 37.7 Å². The molecule has 0 saturated carbocycles. The van der Waals surface area contributed by atoms with Gasteiger partial charge in [-0.05, 0) is 57.2 Å². The second kappa shape index (κ2) is 9.53. The molecule has 4 heterocycles. The van der Waals surface area contributed by atoms with Crippen molar-refractivity contribution in [1.29, 1.82) is 0 Å². The molecule has 1 saturated heterocycles. The minimum Gasteiger partial charge on any atom is -0.597 e. The highest BCUT2D eigenvalue weighted by atomic mass is 35.5.